The van der Waals surface area contributed by atoms with Crippen molar-refractivity contribution in [2.75, 3.05) is 33.3 Å². The molecule has 1 fully saturated rings. The zero-order chi connectivity index (χ0) is 15.2. The molecule has 2 unspecified atom stereocenters. The number of piperazine rings is 1. The predicted octanol–water partition coefficient (Wildman–Crippen LogP) is 2.68. The summed E-state index contributed by atoms with van der Waals surface area (Å²) in [6, 6.07) is 10.6. The smallest absolute Gasteiger partial charge is 0.124 e. The molecular weight excluding hydrogens is 262 g/mol. The molecule has 114 valence electrons. The van der Waals surface area contributed by atoms with Crippen LogP contribution in [0, 0.1) is 11.3 Å². The molecule has 0 amide bonds. The van der Waals surface area contributed by atoms with E-state index in [0.29, 0.717) is 6.04 Å². The van der Waals surface area contributed by atoms with E-state index in [2.05, 4.69) is 29.7 Å². The normalized spacial score (nSPS) is 21.7. The lowest BCUT2D eigenvalue weighted by Crippen LogP contribution is -2.52. The number of hydrogen-bond donors (Lipinski definition) is 0. The van der Waals surface area contributed by atoms with Gasteiger partial charge in [0.15, 0.2) is 0 Å². The van der Waals surface area contributed by atoms with Crippen LogP contribution in [0.25, 0.3) is 0 Å². The Bertz CT molecular complexity index is 497. The molecular formula is C17H25N3O. The monoisotopic (exact) mass is 287 g/mol. The fraction of sp³-hybridized carbons (Fsp3) is 0.588. The summed E-state index contributed by atoms with van der Waals surface area (Å²) in [5, 5.41) is 9.60. The van der Waals surface area contributed by atoms with E-state index in [-0.39, 0.29) is 6.04 Å². The topological polar surface area (TPSA) is 39.5 Å². The van der Waals surface area contributed by atoms with Gasteiger partial charge in [0.25, 0.3) is 0 Å². The van der Waals surface area contributed by atoms with E-state index in [0.717, 1.165) is 37.5 Å². The van der Waals surface area contributed by atoms with Crippen LogP contribution < -0.4 is 4.74 Å². The predicted molar refractivity (Wildman–Crippen MR) is 84.2 cm³/mol. The largest absolute Gasteiger partial charge is 0.497 e. The second-order valence-corrected chi connectivity index (χ2v) is 5.69. The van der Waals surface area contributed by atoms with Gasteiger partial charge >= 0.3 is 0 Å². The first-order valence-corrected chi connectivity index (χ1v) is 7.71. The van der Waals surface area contributed by atoms with Crippen molar-refractivity contribution in [3.05, 3.63) is 29.8 Å². The zero-order valence-corrected chi connectivity index (χ0v) is 13.2. The Morgan fingerprint density at radius 3 is 2.86 bits per heavy atom. The summed E-state index contributed by atoms with van der Waals surface area (Å²) >= 11 is 0. The van der Waals surface area contributed by atoms with Gasteiger partial charge in [-0.3, -0.25) is 9.80 Å². The zero-order valence-electron chi connectivity index (χ0n) is 13.2. The highest BCUT2D eigenvalue weighted by Crippen LogP contribution is 2.26. The van der Waals surface area contributed by atoms with Gasteiger partial charge in [0.2, 0.25) is 0 Å². The molecule has 1 aliphatic heterocycles. The van der Waals surface area contributed by atoms with Gasteiger partial charge in [-0.1, -0.05) is 19.1 Å². The highest BCUT2D eigenvalue weighted by molar-refractivity contribution is 5.33. The number of ether oxygens (including phenoxy) is 1. The van der Waals surface area contributed by atoms with E-state index in [1.807, 2.05) is 24.3 Å². The molecule has 2 atom stereocenters. The third-order valence-corrected chi connectivity index (χ3v) is 4.20. The molecule has 0 N–H and O–H groups in total. The molecule has 0 spiro atoms. The fourth-order valence-corrected chi connectivity index (χ4v) is 3.06. The molecule has 1 saturated heterocycles. The minimum absolute atomic E-state index is 0.189. The number of nitriles is 1. The molecule has 1 aromatic carbocycles. The van der Waals surface area contributed by atoms with Gasteiger partial charge in [-0.05, 0) is 37.6 Å². The Labute approximate surface area is 127 Å². The van der Waals surface area contributed by atoms with Crippen molar-refractivity contribution in [1.29, 1.82) is 5.26 Å². The fourth-order valence-electron chi connectivity index (χ4n) is 3.06. The molecule has 0 bridgehead atoms. The van der Waals surface area contributed by atoms with E-state index in [1.165, 1.54) is 6.42 Å². The van der Waals surface area contributed by atoms with Crippen molar-refractivity contribution in [3.8, 4) is 11.8 Å². The number of benzene rings is 1. The minimum atomic E-state index is -0.189. The molecule has 0 radical (unpaired) electrons. The SMILES string of the molecule is CCCN1CCN(C(C#N)c2cccc(OC)c2)CC1C. The third kappa shape index (κ3) is 3.75. The first-order valence-electron chi connectivity index (χ1n) is 7.71. The molecule has 4 nitrogen and oxygen atoms in total. The van der Waals surface area contributed by atoms with E-state index in [9.17, 15) is 5.26 Å². The Kier molecular flexibility index (Phi) is 5.60. The molecule has 0 aliphatic carbocycles. The summed E-state index contributed by atoms with van der Waals surface area (Å²) in [7, 11) is 1.66. The lowest BCUT2D eigenvalue weighted by molar-refractivity contribution is 0.0690. The standard InChI is InChI=1S/C17H25N3O/c1-4-8-19-9-10-20(13-14(19)2)17(12-18)15-6-5-7-16(11-15)21-3/h5-7,11,14,17H,4,8-10,13H2,1-3H3. The second-order valence-electron chi connectivity index (χ2n) is 5.69. The van der Waals surface area contributed by atoms with E-state index in [4.69, 9.17) is 4.74 Å². The summed E-state index contributed by atoms with van der Waals surface area (Å²) in [6.45, 7) is 8.53. The number of hydrogen-bond acceptors (Lipinski definition) is 4. The highest BCUT2D eigenvalue weighted by Gasteiger charge is 2.28. The average molecular weight is 287 g/mol. The maximum atomic E-state index is 9.60. The highest BCUT2D eigenvalue weighted by atomic mass is 16.5. The quantitative estimate of drug-likeness (QED) is 0.834. The van der Waals surface area contributed by atoms with Crippen molar-refractivity contribution in [2.24, 2.45) is 0 Å². The number of rotatable bonds is 5. The van der Waals surface area contributed by atoms with Crippen LogP contribution in [0.1, 0.15) is 31.9 Å². The van der Waals surface area contributed by atoms with Gasteiger partial charge < -0.3 is 4.74 Å². The molecule has 1 heterocycles. The van der Waals surface area contributed by atoms with Gasteiger partial charge in [-0.15, -0.1) is 0 Å². The summed E-state index contributed by atoms with van der Waals surface area (Å²) in [5.41, 5.74) is 1.02. The molecule has 1 aliphatic rings. The van der Waals surface area contributed by atoms with Gasteiger partial charge in [0.1, 0.15) is 11.8 Å². The van der Waals surface area contributed by atoms with E-state index in [1.54, 1.807) is 7.11 Å². The molecule has 0 aromatic heterocycles. The van der Waals surface area contributed by atoms with Crippen molar-refractivity contribution in [1.82, 2.24) is 9.80 Å². The van der Waals surface area contributed by atoms with Crippen LogP contribution in [-0.4, -0.2) is 49.1 Å². The lowest BCUT2D eigenvalue weighted by Gasteiger charge is -2.41. The molecule has 2 rings (SSSR count). The van der Waals surface area contributed by atoms with Gasteiger partial charge in [-0.25, -0.2) is 0 Å². The van der Waals surface area contributed by atoms with E-state index < -0.39 is 0 Å². The average Bonchev–Trinajstić information content (AvgIpc) is 2.51. The van der Waals surface area contributed by atoms with Crippen LogP contribution in [0.2, 0.25) is 0 Å². The van der Waals surface area contributed by atoms with Crippen molar-refractivity contribution in [2.45, 2.75) is 32.4 Å². The Morgan fingerprint density at radius 2 is 2.24 bits per heavy atom. The molecule has 4 heteroatoms. The van der Waals surface area contributed by atoms with Gasteiger partial charge in [0.05, 0.1) is 13.2 Å². The number of nitrogens with zero attached hydrogens (tertiary/aromatic N) is 3. The summed E-state index contributed by atoms with van der Waals surface area (Å²) < 4.78 is 5.27. The van der Waals surface area contributed by atoms with Crippen molar-refractivity contribution in [3.63, 3.8) is 0 Å². The van der Waals surface area contributed by atoms with Crippen LogP contribution in [0.4, 0.5) is 0 Å². The second kappa shape index (κ2) is 7.44. The summed E-state index contributed by atoms with van der Waals surface area (Å²) in [5.74, 6) is 0.811. The summed E-state index contributed by atoms with van der Waals surface area (Å²) in [4.78, 5) is 4.79. The lowest BCUT2D eigenvalue weighted by atomic mass is 10.0. The maximum absolute atomic E-state index is 9.60. The first-order chi connectivity index (χ1) is 10.2. The van der Waals surface area contributed by atoms with Crippen LogP contribution in [-0.2, 0) is 0 Å². The van der Waals surface area contributed by atoms with Crippen LogP contribution in [0.5, 0.6) is 5.75 Å². The Balaban J connectivity index is 2.10. The van der Waals surface area contributed by atoms with Crippen molar-refractivity contribution < 1.29 is 4.74 Å². The van der Waals surface area contributed by atoms with Crippen LogP contribution in [0.3, 0.4) is 0 Å². The number of methoxy groups -OCH3 is 1. The third-order valence-electron chi connectivity index (χ3n) is 4.20. The molecule has 21 heavy (non-hydrogen) atoms. The Hall–Kier alpha value is -1.57. The van der Waals surface area contributed by atoms with Gasteiger partial charge in [0, 0.05) is 25.7 Å². The van der Waals surface area contributed by atoms with Crippen LogP contribution in [0.15, 0.2) is 24.3 Å². The van der Waals surface area contributed by atoms with Crippen molar-refractivity contribution >= 4 is 0 Å². The minimum Gasteiger partial charge on any atom is -0.497 e. The van der Waals surface area contributed by atoms with Gasteiger partial charge in [-0.2, -0.15) is 5.26 Å². The molecule has 1 aromatic rings. The molecule has 0 saturated carbocycles. The summed E-state index contributed by atoms with van der Waals surface area (Å²) in [6.07, 6.45) is 1.18. The first kappa shape index (κ1) is 15.8. The maximum Gasteiger partial charge on any atom is 0.124 e. The Morgan fingerprint density at radius 1 is 1.43 bits per heavy atom. The van der Waals surface area contributed by atoms with E-state index >= 15 is 0 Å². The van der Waals surface area contributed by atoms with Crippen LogP contribution >= 0.6 is 0 Å².